The first kappa shape index (κ1) is 13.8. The van der Waals surface area contributed by atoms with Crippen LogP contribution in [-0.2, 0) is 0 Å². The summed E-state index contributed by atoms with van der Waals surface area (Å²) in [5.41, 5.74) is 0.0414. The Hall–Kier alpha value is -0.610. The van der Waals surface area contributed by atoms with Crippen LogP contribution in [0.2, 0.25) is 5.02 Å². The van der Waals surface area contributed by atoms with E-state index >= 15 is 0 Å². The monoisotopic (exact) mass is 333 g/mol. The summed E-state index contributed by atoms with van der Waals surface area (Å²) in [4.78, 5) is 14.2. The number of halogens is 3. The first-order valence-corrected chi connectivity index (χ1v) is 7.12. The predicted molar refractivity (Wildman–Crippen MR) is 73.8 cm³/mol. The predicted octanol–water partition coefficient (Wildman–Crippen LogP) is 3.72. The second-order valence-electron chi connectivity index (χ2n) is 4.72. The van der Waals surface area contributed by atoms with Crippen molar-refractivity contribution in [2.45, 2.75) is 17.7 Å². The summed E-state index contributed by atoms with van der Waals surface area (Å²) >= 11 is 9.19. The molecule has 0 aromatic heterocycles. The van der Waals surface area contributed by atoms with Gasteiger partial charge in [-0.2, -0.15) is 0 Å². The van der Waals surface area contributed by atoms with Gasteiger partial charge in [0.15, 0.2) is 5.82 Å². The molecule has 1 fully saturated rings. The molecule has 5 heteroatoms. The van der Waals surface area contributed by atoms with Gasteiger partial charge in [-0.15, -0.1) is 0 Å². The smallest absolute Gasteiger partial charge is 0.256 e. The summed E-state index contributed by atoms with van der Waals surface area (Å²) in [6.07, 6.45) is 2.13. The lowest BCUT2D eigenvalue weighted by molar-refractivity contribution is 0.0744. The van der Waals surface area contributed by atoms with E-state index in [1.807, 2.05) is 0 Å². The molecule has 1 aromatic carbocycles. The molecule has 1 aliphatic rings. The van der Waals surface area contributed by atoms with Crippen molar-refractivity contribution in [2.75, 3.05) is 13.6 Å². The standard InChI is InChI=1S/C13H14BrClFNO/c1-17(7-8-5-9(14)6-8)13(18)10-3-2-4-11(15)12(10)16/h2-4,8-9H,5-7H2,1H3. The molecule has 18 heavy (non-hydrogen) atoms. The largest absolute Gasteiger partial charge is 0.341 e. The summed E-state index contributed by atoms with van der Waals surface area (Å²) in [7, 11) is 1.70. The van der Waals surface area contributed by atoms with Gasteiger partial charge >= 0.3 is 0 Å². The van der Waals surface area contributed by atoms with Crippen LogP contribution in [0.15, 0.2) is 18.2 Å². The van der Waals surface area contributed by atoms with E-state index in [1.165, 1.54) is 12.1 Å². The highest BCUT2D eigenvalue weighted by molar-refractivity contribution is 9.09. The van der Waals surface area contributed by atoms with Gasteiger partial charge in [-0.25, -0.2) is 4.39 Å². The Morgan fingerprint density at radius 1 is 1.56 bits per heavy atom. The van der Waals surface area contributed by atoms with Gasteiger partial charge in [-0.1, -0.05) is 33.6 Å². The molecule has 2 nitrogen and oxygen atoms in total. The van der Waals surface area contributed by atoms with Gasteiger partial charge in [-0.05, 0) is 30.9 Å². The van der Waals surface area contributed by atoms with Gasteiger partial charge in [0.05, 0.1) is 10.6 Å². The topological polar surface area (TPSA) is 20.3 Å². The zero-order chi connectivity index (χ0) is 13.3. The summed E-state index contributed by atoms with van der Waals surface area (Å²) in [5.74, 6) is -0.443. The van der Waals surface area contributed by atoms with E-state index in [4.69, 9.17) is 11.6 Å². The lowest BCUT2D eigenvalue weighted by Crippen LogP contribution is -2.38. The maximum Gasteiger partial charge on any atom is 0.256 e. The minimum absolute atomic E-state index is 0.0154. The molecule has 0 N–H and O–H groups in total. The fourth-order valence-electron chi connectivity index (χ4n) is 2.15. The number of hydrogen-bond acceptors (Lipinski definition) is 1. The molecule has 0 bridgehead atoms. The summed E-state index contributed by atoms with van der Waals surface area (Å²) in [5, 5.41) is -0.0154. The number of amides is 1. The summed E-state index contributed by atoms with van der Waals surface area (Å²) in [6.45, 7) is 0.660. The fourth-order valence-corrected chi connectivity index (χ4v) is 3.38. The average molecular weight is 335 g/mol. The number of benzene rings is 1. The van der Waals surface area contributed by atoms with Gasteiger partial charge in [-0.3, -0.25) is 4.79 Å². The molecular formula is C13H14BrClFNO. The molecule has 0 heterocycles. The number of nitrogens with zero attached hydrogens (tertiary/aromatic N) is 1. The van der Waals surface area contributed by atoms with Gasteiger partial charge < -0.3 is 4.90 Å². The van der Waals surface area contributed by atoms with Crippen LogP contribution >= 0.6 is 27.5 Å². The van der Waals surface area contributed by atoms with Crippen LogP contribution in [0.25, 0.3) is 0 Å². The highest BCUT2D eigenvalue weighted by atomic mass is 79.9. The van der Waals surface area contributed by atoms with Crippen molar-refractivity contribution in [1.82, 2.24) is 4.90 Å². The minimum Gasteiger partial charge on any atom is -0.341 e. The van der Waals surface area contributed by atoms with Gasteiger partial charge in [0.2, 0.25) is 0 Å². The molecule has 98 valence electrons. The zero-order valence-electron chi connectivity index (χ0n) is 10.00. The lowest BCUT2D eigenvalue weighted by atomic mass is 9.85. The van der Waals surface area contributed by atoms with Gasteiger partial charge in [0.25, 0.3) is 5.91 Å². The van der Waals surface area contributed by atoms with Gasteiger partial charge in [0, 0.05) is 18.4 Å². The molecule has 0 radical (unpaired) electrons. The molecule has 0 unspecified atom stereocenters. The quantitative estimate of drug-likeness (QED) is 0.771. The Balaban J connectivity index is 2.04. The maximum absolute atomic E-state index is 13.7. The molecule has 1 aliphatic carbocycles. The van der Waals surface area contributed by atoms with E-state index in [0.29, 0.717) is 17.3 Å². The van der Waals surface area contributed by atoms with Crippen LogP contribution in [0.3, 0.4) is 0 Å². The third-order valence-electron chi connectivity index (χ3n) is 3.24. The fraction of sp³-hybridized carbons (Fsp3) is 0.462. The molecule has 0 atom stereocenters. The van der Waals surface area contributed by atoms with E-state index in [2.05, 4.69) is 15.9 Å². The van der Waals surface area contributed by atoms with Crippen LogP contribution in [0.1, 0.15) is 23.2 Å². The van der Waals surface area contributed by atoms with Crippen LogP contribution in [-0.4, -0.2) is 29.2 Å². The lowest BCUT2D eigenvalue weighted by Gasteiger charge is -2.34. The first-order chi connectivity index (χ1) is 8.49. The molecule has 0 aliphatic heterocycles. The second kappa shape index (κ2) is 5.57. The molecule has 0 saturated heterocycles. The third kappa shape index (κ3) is 2.86. The minimum atomic E-state index is -0.636. The highest BCUT2D eigenvalue weighted by Crippen LogP contribution is 2.33. The van der Waals surface area contributed by atoms with E-state index < -0.39 is 5.82 Å². The molecule has 2 rings (SSSR count). The Bertz CT molecular complexity index is 462. The van der Waals surface area contributed by atoms with E-state index in [0.717, 1.165) is 12.8 Å². The van der Waals surface area contributed by atoms with Crippen LogP contribution < -0.4 is 0 Å². The average Bonchev–Trinajstić information content (AvgIpc) is 2.30. The van der Waals surface area contributed by atoms with Crippen LogP contribution in [0, 0.1) is 11.7 Å². The molecule has 1 saturated carbocycles. The van der Waals surface area contributed by atoms with Crippen molar-refractivity contribution in [3.63, 3.8) is 0 Å². The van der Waals surface area contributed by atoms with Crippen LogP contribution in [0.5, 0.6) is 0 Å². The molecule has 1 amide bonds. The SMILES string of the molecule is CN(CC1CC(Br)C1)C(=O)c1cccc(Cl)c1F. The van der Waals surface area contributed by atoms with Gasteiger partial charge in [0.1, 0.15) is 0 Å². The van der Waals surface area contributed by atoms with Crippen molar-refractivity contribution < 1.29 is 9.18 Å². The van der Waals surface area contributed by atoms with Crippen molar-refractivity contribution in [2.24, 2.45) is 5.92 Å². The number of rotatable bonds is 3. The van der Waals surface area contributed by atoms with E-state index in [9.17, 15) is 9.18 Å². The summed E-state index contributed by atoms with van der Waals surface area (Å²) in [6, 6.07) is 4.49. The first-order valence-electron chi connectivity index (χ1n) is 5.82. The number of hydrogen-bond donors (Lipinski definition) is 0. The van der Waals surface area contributed by atoms with E-state index in [1.54, 1.807) is 18.0 Å². The van der Waals surface area contributed by atoms with E-state index in [-0.39, 0.29) is 16.5 Å². The maximum atomic E-state index is 13.7. The molecular weight excluding hydrogens is 321 g/mol. The van der Waals surface area contributed by atoms with Crippen LogP contribution in [0.4, 0.5) is 4.39 Å². The summed E-state index contributed by atoms with van der Waals surface area (Å²) < 4.78 is 13.7. The Morgan fingerprint density at radius 3 is 2.83 bits per heavy atom. The van der Waals surface area contributed by atoms with Crippen molar-refractivity contribution in [3.05, 3.63) is 34.6 Å². The Kier molecular flexibility index (Phi) is 4.28. The Morgan fingerprint density at radius 2 is 2.22 bits per heavy atom. The highest BCUT2D eigenvalue weighted by Gasteiger charge is 2.29. The van der Waals surface area contributed by atoms with Crippen molar-refractivity contribution in [1.29, 1.82) is 0 Å². The van der Waals surface area contributed by atoms with Crippen molar-refractivity contribution in [3.8, 4) is 0 Å². The zero-order valence-corrected chi connectivity index (χ0v) is 12.3. The molecule has 0 spiro atoms. The Labute approximate surface area is 119 Å². The number of carbonyl (C=O) groups excluding carboxylic acids is 1. The molecule has 1 aromatic rings. The number of carbonyl (C=O) groups is 1. The number of alkyl halides is 1. The van der Waals surface area contributed by atoms with Crippen molar-refractivity contribution >= 4 is 33.4 Å². The normalized spacial score (nSPS) is 22.4. The second-order valence-corrected chi connectivity index (χ2v) is 6.42. The third-order valence-corrected chi connectivity index (χ3v) is 4.28.